The van der Waals surface area contributed by atoms with Crippen molar-refractivity contribution in [2.24, 2.45) is 0 Å². The lowest BCUT2D eigenvalue weighted by Crippen LogP contribution is -2.30. The van der Waals surface area contributed by atoms with E-state index in [1.165, 1.54) is 24.3 Å². The van der Waals surface area contributed by atoms with E-state index in [0.29, 0.717) is 10.8 Å². The number of ether oxygens (including phenoxy) is 1. The number of nitro benzene ring substituents is 1. The Kier molecular flexibility index (Phi) is 5.84. The van der Waals surface area contributed by atoms with Crippen LogP contribution < -0.4 is 11.1 Å². The molecule has 1 heterocycles. The zero-order valence-electron chi connectivity index (χ0n) is 15.2. The molecule has 0 aliphatic heterocycles. The first kappa shape index (κ1) is 20.0. The first-order valence-electron chi connectivity index (χ1n) is 8.42. The van der Waals surface area contributed by atoms with Crippen LogP contribution in [0.3, 0.4) is 0 Å². The van der Waals surface area contributed by atoms with Gasteiger partial charge in [0.2, 0.25) is 0 Å². The number of amides is 1. The second-order valence-electron chi connectivity index (χ2n) is 5.97. The molecule has 148 valence electrons. The standard InChI is InChI=1S/C19H16N4O5S/c1-11(28-18(25)14-8-7-13(23(26)27)9-15(14)20)17(24)22-19-21-16(10-29-19)12-5-3-2-4-6-12/h2-11H,20H2,1H3,(H,21,22,24)/t11-/m0/s1. The van der Waals surface area contributed by atoms with Gasteiger partial charge in [0.25, 0.3) is 11.6 Å². The fraction of sp³-hybridized carbons (Fsp3) is 0.105. The third-order valence-electron chi connectivity index (χ3n) is 3.92. The number of nitrogens with one attached hydrogen (secondary N) is 1. The summed E-state index contributed by atoms with van der Waals surface area (Å²) in [5.74, 6) is -1.42. The maximum Gasteiger partial charge on any atom is 0.341 e. The van der Waals surface area contributed by atoms with Crippen LogP contribution in [0.5, 0.6) is 0 Å². The molecule has 9 nitrogen and oxygen atoms in total. The molecule has 2 aromatic carbocycles. The van der Waals surface area contributed by atoms with E-state index in [0.717, 1.165) is 17.7 Å². The Morgan fingerprint density at radius 3 is 2.62 bits per heavy atom. The molecule has 10 heteroatoms. The molecule has 0 fully saturated rings. The highest BCUT2D eigenvalue weighted by Crippen LogP contribution is 2.25. The average molecular weight is 412 g/mol. The van der Waals surface area contributed by atoms with Gasteiger partial charge in [0, 0.05) is 23.1 Å². The van der Waals surface area contributed by atoms with Crippen molar-refractivity contribution < 1.29 is 19.2 Å². The normalized spacial score (nSPS) is 11.5. The molecule has 0 radical (unpaired) electrons. The van der Waals surface area contributed by atoms with E-state index < -0.39 is 22.9 Å². The van der Waals surface area contributed by atoms with Gasteiger partial charge in [0.1, 0.15) is 0 Å². The van der Waals surface area contributed by atoms with E-state index in [2.05, 4.69) is 10.3 Å². The van der Waals surface area contributed by atoms with Crippen molar-refractivity contribution in [2.45, 2.75) is 13.0 Å². The highest BCUT2D eigenvalue weighted by molar-refractivity contribution is 7.14. The number of hydrogen-bond donors (Lipinski definition) is 2. The predicted octanol–water partition coefficient (Wildman–Crippen LogP) is 3.48. The Bertz CT molecular complexity index is 1070. The molecule has 3 aromatic rings. The fourth-order valence-electron chi connectivity index (χ4n) is 2.41. The molecule has 1 aromatic heterocycles. The van der Waals surface area contributed by atoms with Gasteiger partial charge in [-0.3, -0.25) is 20.2 Å². The van der Waals surface area contributed by atoms with Gasteiger partial charge >= 0.3 is 5.97 Å². The molecule has 0 saturated heterocycles. The monoisotopic (exact) mass is 412 g/mol. The van der Waals surface area contributed by atoms with Gasteiger partial charge in [-0.15, -0.1) is 11.3 Å². The van der Waals surface area contributed by atoms with E-state index in [1.807, 2.05) is 30.3 Å². The Labute approximate surface area is 169 Å². The first-order chi connectivity index (χ1) is 13.8. The van der Waals surface area contributed by atoms with Crippen LogP contribution in [0.25, 0.3) is 11.3 Å². The minimum atomic E-state index is -1.12. The number of anilines is 2. The Morgan fingerprint density at radius 1 is 1.24 bits per heavy atom. The van der Waals surface area contributed by atoms with Gasteiger partial charge in [-0.2, -0.15) is 0 Å². The third kappa shape index (κ3) is 4.74. The number of rotatable bonds is 6. The van der Waals surface area contributed by atoms with E-state index >= 15 is 0 Å². The fourth-order valence-corrected chi connectivity index (χ4v) is 3.13. The van der Waals surface area contributed by atoms with E-state index in [-0.39, 0.29) is 16.9 Å². The van der Waals surface area contributed by atoms with Crippen LogP contribution in [0, 0.1) is 10.1 Å². The van der Waals surface area contributed by atoms with Gasteiger partial charge in [-0.1, -0.05) is 30.3 Å². The number of nitro groups is 1. The second-order valence-corrected chi connectivity index (χ2v) is 6.83. The number of hydrogen-bond acceptors (Lipinski definition) is 8. The Morgan fingerprint density at radius 2 is 1.97 bits per heavy atom. The van der Waals surface area contributed by atoms with Gasteiger partial charge in [0.15, 0.2) is 11.2 Å². The van der Waals surface area contributed by atoms with Crippen LogP contribution in [0.4, 0.5) is 16.5 Å². The van der Waals surface area contributed by atoms with Crippen molar-refractivity contribution in [3.63, 3.8) is 0 Å². The predicted molar refractivity (Wildman–Crippen MR) is 109 cm³/mol. The molecule has 0 unspecified atom stereocenters. The quantitative estimate of drug-likeness (QED) is 0.273. The van der Waals surface area contributed by atoms with Gasteiger partial charge in [-0.25, -0.2) is 9.78 Å². The van der Waals surface area contributed by atoms with E-state index in [1.54, 1.807) is 5.38 Å². The molecule has 0 spiro atoms. The molecular formula is C19H16N4O5S. The summed E-state index contributed by atoms with van der Waals surface area (Å²) in [5.41, 5.74) is 6.90. The van der Waals surface area contributed by atoms with Crippen LogP contribution in [0.1, 0.15) is 17.3 Å². The molecule has 3 rings (SSSR count). The molecule has 3 N–H and O–H groups in total. The number of nitrogens with zero attached hydrogens (tertiary/aromatic N) is 2. The van der Waals surface area contributed by atoms with Crippen molar-refractivity contribution in [1.82, 2.24) is 4.98 Å². The SMILES string of the molecule is C[C@H](OC(=O)c1ccc([N+](=O)[O-])cc1N)C(=O)Nc1nc(-c2ccccc2)cs1. The number of nitrogens with two attached hydrogens (primary N) is 1. The maximum absolute atomic E-state index is 12.3. The molecular weight excluding hydrogens is 396 g/mol. The van der Waals surface area contributed by atoms with Crippen molar-refractivity contribution in [2.75, 3.05) is 11.1 Å². The van der Waals surface area contributed by atoms with E-state index in [9.17, 15) is 19.7 Å². The highest BCUT2D eigenvalue weighted by atomic mass is 32.1. The zero-order valence-corrected chi connectivity index (χ0v) is 16.0. The summed E-state index contributed by atoms with van der Waals surface area (Å²) in [4.78, 5) is 39.0. The maximum atomic E-state index is 12.3. The summed E-state index contributed by atoms with van der Waals surface area (Å²) in [6.45, 7) is 1.40. The Hall–Kier alpha value is -3.79. The van der Waals surface area contributed by atoms with Crippen molar-refractivity contribution >= 4 is 39.7 Å². The summed E-state index contributed by atoms with van der Waals surface area (Å²) >= 11 is 1.24. The number of aromatic nitrogens is 1. The summed E-state index contributed by atoms with van der Waals surface area (Å²) < 4.78 is 5.12. The van der Waals surface area contributed by atoms with Crippen LogP contribution in [-0.4, -0.2) is 27.9 Å². The van der Waals surface area contributed by atoms with Gasteiger partial charge < -0.3 is 10.5 Å². The number of thiazole rings is 1. The number of non-ortho nitro benzene ring substituents is 1. The smallest absolute Gasteiger partial charge is 0.341 e. The first-order valence-corrected chi connectivity index (χ1v) is 9.30. The van der Waals surface area contributed by atoms with E-state index in [4.69, 9.17) is 10.5 Å². The topological polar surface area (TPSA) is 137 Å². The number of carbonyl (C=O) groups is 2. The number of nitrogen functional groups attached to an aromatic ring is 1. The lowest BCUT2D eigenvalue weighted by molar-refractivity contribution is -0.384. The van der Waals surface area contributed by atoms with Crippen LogP contribution in [-0.2, 0) is 9.53 Å². The number of carbonyl (C=O) groups excluding carboxylic acids is 2. The molecule has 0 aliphatic rings. The minimum absolute atomic E-state index is 0.0594. The van der Waals surface area contributed by atoms with Crippen molar-refractivity contribution in [3.05, 3.63) is 69.6 Å². The molecule has 0 bridgehead atoms. The molecule has 0 saturated carbocycles. The van der Waals surface area contributed by atoms with Crippen molar-refractivity contribution in [1.29, 1.82) is 0 Å². The third-order valence-corrected chi connectivity index (χ3v) is 4.68. The van der Waals surface area contributed by atoms with Crippen molar-refractivity contribution in [3.8, 4) is 11.3 Å². The molecule has 1 amide bonds. The average Bonchev–Trinajstić information content (AvgIpc) is 3.16. The Balaban J connectivity index is 1.63. The lowest BCUT2D eigenvalue weighted by Gasteiger charge is -2.13. The van der Waals surface area contributed by atoms with Gasteiger partial charge in [0.05, 0.1) is 21.9 Å². The largest absolute Gasteiger partial charge is 0.449 e. The highest BCUT2D eigenvalue weighted by Gasteiger charge is 2.22. The molecule has 29 heavy (non-hydrogen) atoms. The number of benzene rings is 2. The van der Waals surface area contributed by atoms with Crippen LogP contribution in [0.15, 0.2) is 53.9 Å². The molecule has 1 atom stereocenters. The summed E-state index contributed by atoms with van der Waals surface area (Å²) in [5, 5.41) is 15.5. The van der Waals surface area contributed by atoms with Crippen LogP contribution in [0.2, 0.25) is 0 Å². The van der Waals surface area contributed by atoms with Crippen LogP contribution >= 0.6 is 11.3 Å². The molecule has 0 aliphatic carbocycles. The number of esters is 1. The summed E-state index contributed by atoms with van der Waals surface area (Å²) in [7, 11) is 0. The summed E-state index contributed by atoms with van der Waals surface area (Å²) in [6, 6.07) is 12.9. The second kappa shape index (κ2) is 8.48. The summed E-state index contributed by atoms with van der Waals surface area (Å²) in [6.07, 6.45) is -1.12. The lowest BCUT2D eigenvalue weighted by atomic mass is 10.1. The van der Waals surface area contributed by atoms with Gasteiger partial charge in [-0.05, 0) is 13.0 Å². The zero-order chi connectivity index (χ0) is 21.0. The minimum Gasteiger partial charge on any atom is -0.449 e.